The summed E-state index contributed by atoms with van der Waals surface area (Å²) in [5, 5.41) is 10.6. The number of aromatic nitrogens is 1. The van der Waals surface area contributed by atoms with Gasteiger partial charge in [-0.25, -0.2) is 4.98 Å². The number of thioether (sulfide) groups is 1. The second-order valence-corrected chi connectivity index (χ2v) is 14.0. The lowest BCUT2D eigenvalue weighted by atomic mass is 10.0. The first kappa shape index (κ1) is 35.1. The van der Waals surface area contributed by atoms with Gasteiger partial charge < -0.3 is 16.0 Å². The van der Waals surface area contributed by atoms with E-state index < -0.39 is 11.2 Å². The molecule has 0 saturated heterocycles. The van der Waals surface area contributed by atoms with Crippen LogP contribution in [0.25, 0.3) is 17.3 Å². The standard InChI is InChI=1S/C42H36N4O3S2/c1-28(2)30-20-18-29(19-21-30)26-36(44-39(47)33-16-10-5-11-17-33)40(48)43-34-22-24-35(25-23-34)51-38(32-14-8-4-9-15-32)41(49)46-42-45-37(27-50-42)31-12-6-3-7-13-31/h3-28,38H,1-2H3,(H,43,48)(H,44,47)(H,45,46,49)/b36-26-. The Labute approximate surface area is 305 Å². The minimum absolute atomic E-state index is 0.109. The summed E-state index contributed by atoms with van der Waals surface area (Å²) in [7, 11) is 0. The number of anilines is 2. The van der Waals surface area contributed by atoms with Crippen LogP contribution in [0, 0.1) is 0 Å². The number of nitrogens with zero attached hydrogens (tertiary/aromatic N) is 1. The zero-order valence-corrected chi connectivity index (χ0v) is 29.7. The van der Waals surface area contributed by atoms with Crippen LogP contribution in [-0.4, -0.2) is 22.7 Å². The molecule has 0 fully saturated rings. The molecule has 0 spiro atoms. The molecule has 0 aliphatic carbocycles. The summed E-state index contributed by atoms with van der Waals surface area (Å²) in [6.07, 6.45) is 1.67. The molecule has 7 nitrogen and oxygen atoms in total. The Bertz CT molecular complexity index is 2110. The summed E-state index contributed by atoms with van der Waals surface area (Å²) in [4.78, 5) is 45.8. The number of benzene rings is 5. The van der Waals surface area contributed by atoms with E-state index in [0.717, 1.165) is 27.3 Å². The van der Waals surface area contributed by atoms with Crippen LogP contribution in [0.2, 0.25) is 0 Å². The lowest BCUT2D eigenvalue weighted by molar-refractivity contribution is -0.116. The van der Waals surface area contributed by atoms with Gasteiger partial charge in [0.1, 0.15) is 10.9 Å². The second kappa shape index (κ2) is 16.8. The normalized spacial score (nSPS) is 11.9. The van der Waals surface area contributed by atoms with Crippen molar-refractivity contribution < 1.29 is 14.4 Å². The highest BCUT2D eigenvalue weighted by Crippen LogP contribution is 2.37. The van der Waals surface area contributed by atoms with E-state index in [2.05, 4.69) is 34.8 Å². The average molecular weight is 709 g/mol. The van der Waals surface area contributed by atoms with Crippen LogP contribution in [0.4, 0.5) is 10.8 Å². The molecule has 1 unspecified atom stereocenters. The maximum absolute atomic E-state index is 13.7. The van der Waals surface area contributed by atoms with Crippen molar-refractivity contribution in [2.45, 2.75) is 29.9 Å². The van der Waals surface area contributed by atoms with Gasteiger partial charge in [0, 0.05) is 27.1 Å². The third-order valence-electron chi connectivity index (χ3n) is 7.95. The molecule has 0 aliphatic rings. The Morgan fingerprint density at radius 2 is 1.33 bits per heavy atom. The molecule has 0 aliphatic heterocycles. The van der Waals surface area contributed by atoms with Gasteiger partial charge in [0.2, 0.25) is 5.91 Å². The van der Waals surface area contributed by atoms with Crippen molar-refractivity contribution in [3.63, 3.8) is 0 Å². The van der Waals surface area contributed by atoms with E-state index in [9.17, 15) is 14.4 Å². The summed E-state index contributed by atoms with van der Waals surface area (Å²) in [5.74, 6) is -0.676. The molecule has 6 rings (SSSR count). The van der Waals surface area contributed by atoms with Crippen molar-refractivity contribution in [3.8, 4) is 11.3 Å². The molecule has 1 aromatic heterocycles. The fourth-order valence-electron chi connectivity index (χ4n) is 5.18. The van der Waals surface area contributed by atoms with Crippen LogP contribution >= 0.6 is 23.1 Å². The predicted molar refractivity (Wildman–Crippen MR) is 209 cm³/mol. The van der Waals surface area contributed by atoms with E-state index in [1.54, 1.807) is 42.5 Å². The highest BCUT2D eigenvalue weighted by Gasteiger charge is 2.23. The van der Waals surface area contributed by atoms with Gasteiger partial charge >= 0.3 is 0 Å². The second-order valence-electron chi connectivity index (χ2n) is 12.0. The number of carbonyl (C=O) groups is 3. The minimum Gasteiger partial charge on any atom is -0.321 e. The molecule has 1 heterocycles. The van der Waals surface area contributed by atoms with E-state index in [1.807, 2.05) is 109 Å². The summed E-state index contributed by atoms with van der Waals surface area (Å²) in [5.41, 5.74) is 5.69. The zero-order chi connectivity index (χ0) is 35.6. The van der Waals surface area contributed by atoms with Gasteiger partial charge in [-0.1, -0.05) is 117 Å². The number of hydrogen-bond donors (Lipinski definition) is 3. The SMILES string of the molecule is CC(C)c1ccc(/C=C(\NC(=O)c2ccccc2)C(=O)Nc2ccc(SC(C(=O)Nc3nc(-c4ccccc4)cs3)c3ccccc3)cc2)cc1. The number of nitrogens with one attached hydrogen (secondary N) is 3. The van der Waals surface area contributed by atoms with Crippen LogP contribution in [0.5, 0.6) is 0 Å². The van der Waals surface area contributed by atoms with Crippen molar-refractivity contribution >= 4 is 57.7 Å². The Hall–Kier alpha value is -5.77. The fraction of sp³-hybridized carbons (Fsp3) is 0.0952. The molecule has 254 valence electrons. The van der Waals surface area contributed by atoms with Gasteiger partial charge in [-0.15, -0.1) is 23.1 Å². The minimum atomic E-state index is -0.555. The van der Waals surface area contributed by atoms with E-state index in [-0.39, 0.29) is 17.5 Å². The highest BCUT2D eigenvalue weighted by atomic mass is 32.2. The Morgan fingerprint density at radius 3 is 1.98 bits per heavy atom. The van der Waals surface area contributed by atoms with Crippen molar-refractivity contribution in [1.29, 1.82) is 0 Å². The highest BCUT2D eigenvalue weighted by molar-refractivity contribution is 8.00. The lowest BCUT2D eigenvalue weighted by Crippen LogP contribution is -2.30. The molecule has 9 heteroatoms. The Kier molecular flexibility index (Phi) is 11.5. The van der Waals surface area contributed by atoms with E-state index in [4.69, 9.17) is 0 Å². The van der Waals surface area contributed by atoms with Gasteiger partial charge in [-0.2, -0.15) is 0 Å². The van der Waals surface area contributed by atoms with Gasteiger partial charge in [-0.05, 0) is 65.1 Å². The third kappa shape index (κ3) is 9.48. The number of thiazole rings is 1. The molecule has 1 atom stereocenters. The topological polar surface area (TPSA) is 100 Å². The van der Waals surface area contributed by atoms with Crippen molar-refractivity contribution in [2.24, 2.45) is 0 Å². The van der Waals surface area contributed by atoms with Crippen LogP contribution < -0.4 is 16.0 Å². The number of rotatable bonds is 12. The quantitative estimate of drug-likeness (QED) is 0.0868. The summed E-state index contributed by atoms with van der Waals surface area (Å²) in [6, 6.07) is 43.4. The maximum Gasteiger partial charge on any atom is 0.272 e. The number of amides is 3. The van der Waals surface area contributed by atoms with Crippen LogP contribution in [0.15, 0.2) is 155 Å². The van der Waals surface area contributed by atoms with Crippen molar-refractivity contribution in [1.82, 2.24) is 10.3 Å². The van der Waals surface area contributed by atoms with Gasteiger partial charge in [0.05, 0.1) is 5.69 Å². The first-order valence-corrected chi connectivity index (χ1v) is 18.2. The smallest absolute Gasteiger partial charge is 0.272 e. The van der Waals surface area contributed by atoms with Crippen molar-refractivity contribution in [3.05, 3.63) is 173 Å². The van der Waals surface area contributed by atoms with Gasteiger partial charge in [0.25, 0.3) is 11.8 Å². The first-order valence-electron chi connectivity index (χ1n) is 16.5. The van der Waals surface area contributed by atoms with Crippen LogP contribution in [0.3, 0.4) is 0 Å². The summed E-state index contributed by atoms with van der Waals surface area (Å²) in [6.45, 7) is 4.24. The van der Waals surface area contributed by atoms with E-state index >= 15 is 0 Å². The predicted octanol–water partition coefficient (Wildman–Crippen LogP) is 9.82. The summed E-state index contributed by atoms with van der Waals surface area (Å²) < 4.78 is 0. The van der Waals surface area contributed by atoms with E-state index in [1.165, 1.54) is 28.7 Å². The van der Waals surface area contributed by atoms with Gasteiger partial charge in [0.15, 0.2) is 5.13 Å². The van der Waals surface area contributed by atoms with Gasteiger partial charge in [-0.3, -0.25) is 14.4 Å². The molecule has 3 N–H and O–H groups in total. The molecule has 0 radical (unpaired) electrons. The lowest BCUT2D eigenvalue weighted by Gasteiger charge is -2.17. The van der Waals surface area contributed by atoms with Crippen LogP contribution in [-0.2, 0) is 9.59 Å². The third-order valence-corrected chi connectivity index (χ3v) is 9.98. The number of hydrogen-bond acceptors (Lipinski definition) is 6. The molecule has 5 aromatic carbocycles. The molecular formula is C42H36N4O3S2. The molecular weight excluding hydrogens is 673 g/mol. The van der Waals surface area contributed by atoms with E-state index in [0.29, 0.717) is 22.3 Å². The number of carbonyl (C=O) groups excluding carboxylic acids is 3. The summed E-state index contributed by atoms with van der Waals surface area (Å²) >= 11 is 2.78. The first-order chi connectivity index (χ1) is 24.8. The Balaban J connectivity index is 1.17. The molecule has 51 heavy (non-hydrogen) atoms. The Morgan fingerprint density at radius 1 is 0.706 bits per heavy atom. The largest absolute Gasteiger partial charge is 0.321 e. The van der Waals surface area contributed by atoms with Crippen molar-refractivity contribution in [2.75, 3.05) is 10.6 Å². The molecule has 6 aromatic rings. The monoisotopic (exact) mass is 708 g/mol. The van der Waals surface area contributed by atoms with Crippen LogP contribution in [0.1, 0.15) is 52.1 Å². The maximum atomic E-state index is 13.7. The molecule has 0 bridgehead atoms. The molecule has 0 saturated carbocycles. The molecule has 3 amide bonds. The fourth-order valence-corrected chi connectivity index (χ4v) is 6.93. The average Bonchev–Trinajstić information content (AvgIpc) is 3.63. The zero-order valence-electron chi connectivity index (χ0n) is 28.1.